The van der Waals surface area contributed by atoms with Crippen molar-refractivity contribution in [2.24, 2.45) is 5.10 Å². The van der Waals surface area contributed by atoms with E-state index in [0.717, 1.165) is 20.3 Å². The Kier molecular flexibility index (Phi) is 4.64. The maximum absolute atomic E-state index is 12.2. The highest BCUT2D eigenvalue weighted by Gasteiger charge is 2.11. The van der Waals surface area contributed by atoms with Gasteiger partial charge in [0.25, 0.3) is 0 Å². The highest BCUT2D eigenvalue weighted by atomic mass is 79.9. The maximum atomic E-state index is 12.2. The van der Waals surface area contributed by atoms with Gasteiger partial charge in [-0.1, -0.05) is 57.6 Å². The molecule has 0 saturated carbocycles. The molecule has 0 aliphatic carbocycles. The summed E-state index contributed by atoms with van der Waals surface area (Å²) in [6.07, 6.45) is 3.35. The van der Waals surface area contributed by atoms with Crippen LogP contribution >= 0.6 is 27.3 Å². The fourth-order valence-electron chi connectivity index (χ4n) is 2.39. The second-order valence-electron chi connectivity index (χ2n) is 5.44. The topological polar surface area (TPSA) is 67.5 Å². The molecule has 1 N–H and O–H groups in total. The number of benzene rings is 2. The van der Waals surface area contributed by atoms with Gasteiger partial charge in [-0.05, 0) is 29.8 Å². The molecule has 0 aliphatic heterocycles. The number of nitrogens with one attached hydrogen (secondary N) is 1. The predicted molar refractivity (Wildman–Crippen MR) is 109 cm³/mol. The van der Waals surface area contributed by atoms with E-state index in [1.54, 1.807) is 18.5 Å². The number of hydrazone groups is 1. The van der Waals surface area contributed by atoms with E-state index in [1.807, 2.05) is 48.5 Å². The van der Waals surface area contributed by atoms with Gasteiger partial charge in [0.1, 0.15) is 5.58 Å². The molecular formula is C19H12BrN3O2S. The van der Waals surface area contributed by atoms with E-state index in [2.05, 4.69) is 31.4 Å². The molecule has 0 aliphatic rings. The van der Waals surface area contributed by atoms with Gasteiger partial charge in [-0.15, -0.1) is 0 Å². The van der Waals surface area contributed by atoms with Crippen molar-refractivity contribution in [1.29, 1.82) is 0 Å². The Bertz CT molecular complexity index is 1150. The zero-order valence-corrected chi connectivity index (χ0v) is 15.8. The summed E-state index contributed by atoms with van der Waals surface area (Å²) >= 11 is 4.74. The third kappa shape index (κ3) is 3.58. The molecule has 0 fully saturated rings. The maximum Gasteiger partial charge on any atom is 0.345 e. The number of para-hydroxylation sites is 1. The quantitative estimate of drug-likeness (QED) is 0.279. The van der Waals surface area contributed by atoms with Crippen LogP contribution in [0.25, 0.3) is 21.4 Å². The lowest BCUT2D eigenvalue weighted by atomic mass is 10.2. The second kappa shape index (κ2) is 7.23. The Morgan fingerprint density at radius 1 is 1.15 bits per heavy atom. The SMILES string of the molecule is O=c1oc2ccccc2cc1-c1cnc(NN=Cc2ccc(Br)cc2)s1. The predicted octanol–water partition coefficient (Wildman–Crippen LogP) is 5.13. The number of hydrogen-bond donors (Lipinski definition) is 1. The minimum Gasteiger partial charge on any atom is -0.422 e. The molecule has 5 nitrogen and oxygen atoms in total. The normalized spacial score (nSPS) is 11.3. The molecule has 2 aromatic carbocycles. The lowest BCUT2D eigenvalue weighted by molar-refractivity contribution is 0.563. The first-order valence-corrected chi connectivity index (χ1v) is 9.34. The van der Waals surface area contributed by atoms with Crippen LogP contribution in [-0.2, 0) is 0 Å². The number of aromatic nitrogens is 1. The van der Waals surface area contributed by atoms with Gasteiger partial charge >= 0.3 is 5.63 Å². The van der Waals surface area contributed by atoms with Crippen molar-refractivity contribution < 1.29 is 4.42 Å². The van der Waals surface area contributed by atoms with Gasteiger partial charge in [0.2, 0.25) is 5.13 Å². The fourth-order valence-corrected chi connectivity index (χ4v) is 3.43. The highest BCUT2D eigenvalue weighted by Crippen LogP contribution is 2.28. The molecule has 128 valence electrons. The Morgan fingerprint density at radius 2 is 1.96 bits per heavy atom. The molecule has 0 bridgehead atoms. The molecule has 2 heterocycles. The van der Waals surface area contributed by atoms with Crippen LogP contribution in [0.4, 0.5) is 5.13 Å². The van der Waals surface area contributed by atoms with E-state index in [9.17, 15) is 4.79 Å². The minimum absolute atomic E-state index is 0.378. The lowest BCUT2D eigenvalue weighted by Crippen LogP contribution is -2.01. The van der Waals surface area contributed by atoms with Gasteiger partial charge in [0, 0.05) is 16.1 Å². The van der Waals surface area contributed by atoms with Crippen molar-refractivity contribution >= 4 is 49.6 Å². The molecule has 0 spiro atoms. The van der Waals surface area contributed by atoms with Crippen LogP contribution in [0.3, 0.4) is 0 Å². The van der Waals surface area contributed by atoms with Crippen molar-refractivity contribution in [2.45, 2.75) is 0 Å². The van der Waals surface area contributed by atoms with Crippen LogP contribution in [-0.4, -0.2) is 11.2 Å². The molecule has 0 saturated heterocycles. The summed E-state index contributed by atoms with van der Waals surface area (Å²) in [6, 6.07) is 17.0. The average Bonchev–Trinajstić information content (AvgIpc) is 3.11. The monoisotopic (exact) mass is 425 g/mol. The standard InChI is InChI=1S/C19H12BrN3O2S/c20-14-7-5-12(6-8-14)10-22-23-19-21-11-17(26-19)15-9-13-3-1-2-4-16(13)25-18(15)24/h1-11H,(H,21,23). The van der Waals surface area contributed by atoms with Gasteiger partial charge in [-0.25, -0.2) is 9.78 Å². The van der Waals surface area contributed by atoms with Crippen LogP contribution in [0.5, 0.6) is 0 Å². The number of rotatable bonds is 4. The first-order valence-electron chi connectivity index (χ1n) is 7.73. The van der Waals surface area contributed by atoms with Gasteiger partial charge in [0.05, 0.1) is 16.7 Å². The van der Waals surface area contributed by atoms with Gasteiger partial charge in [-0.2, -0.15) is 5.10 Å². The molecule has 4 aromatic rings. The number of nitrogens with zero attached hydrogens (tertiary/aromatic N) is 2. The lowest BCUT2D eigenvalue weighted by Gasteiger charge is -1.99. The van der Waals surface area contributed by atoms with Crippen LogP contribution < -0.4 is 11.1 Å². The minimum atomic E-state index is -0.378. The van der Waals surface area contributed by atoms with Crippen molar-refractivity contribution in [3.8, 4) is 10.4 Å². The summed E-state index contributed by atoms with van der Waals surface area (Å²) < 4.78 is 6.39. The summed E-state index contributed by atoms with van der Waals surface area (Å²) in [5.74, 6) is 0. The Labute approximate surface area is 161 Å². The van der Waals surface area contributed by atoms with E-state index in [1.165, 1.54) is 11.3 Å². The first kappa shape index (κ1) is 16.7. The first-order chi connectivity index (χ1) is 12.7. The number of anilines is 1. The molecule has 4 rings (SSSR count). The van der Waals surface area contributed by atoms with E-state index in [0.29, 0.717) is 16.3 Å². The number of fused-ring (bicyclic) bond motifs is 1. The molecule has 0 atom stereocenters. The zero-order valence-electron chi connectivity index (χ0n) is 13.3. The van der Waals surface area contributed by atoms with E-state index in [4.69, 9.17) is 4.42 Å². The van der Waals surface area contributed by atoms with E-state index >= 15 is 0 Å². The Balaban J connectivity index is 1.55. The van der Waals surface area contributed by atoms with Gasteiger partial charge in [-0.3, -0.25) is 5.43 Å². The summed E-state index contributed by atoms with van der Waals surface area (Å²) in [6.45, 7) is 0. The van der Waals surface area contributed by atoms with Crippen molar-refractivity contribution in [3.05, 3.63) is 81.3 Å². The molecular weight excluding hydrogens is 414 g/mol. The molecule has 7 heteroatoms. The van der Waals surface area contributed by atoms with Crippen molar-refractivity contribution in [2.75, 3.05) is 5.43 Å². The van der Waals surface area contributed by atoms with Crippen molar-refractivity contribution in [1.82, 2.24) is 4.98 Å². The molecule has 0 amide bonds. The Hall–Kier alpha value is -2.77. The average molecular weight is 426 g/mol. The van der Waals surface area contributed by atoms with Crippen LogP contribution in [0, 0.1) is 0 Å². The summed E-state index contributed by atoms with van der Waals surface area (Å²) in [7, 11) is 0. The van der Waals surface area contributed by atoms with Gasteiger partial charge in [0.15, 0.2) is 0 Å². The smallest absolute Gasteiger partial charge is 0.345 e. The third-order valence-electron chi connectivity index (χ3n) is 3.66. The largest absolute Gasteiger partial charge is 0.422 e. The Morgan fingerprint density at radius 3 is 2.81 bits per heavy atom. The molecule has 2 aromatic heterocycles. The molecule has 0 radical (unpaired) electrons. The fraction of sp³-hybridized carbons (Fsp3) is 0. The van der Waals surface area contributed by atoms with E-state index in [-0.39, 0.29) is 5.63 Å². The number of hydrogen-bond acceptors (Lipinski definition) is 6. The van der Waals surface area contributed by atoms with Crippen LogP contribution in [0.1, 0.15) is 5.56 Å². The number of thiazole rings is 1. The van der Waals surface area contributed by atoms with E-state index < -0.39 is 0 Å². The molecule has 26 heavy (non-hydrogen) atoms. The van der Waals surface area contributed by atoms with Crippen LogP contribution in [0.2, 0.25) is 0 Å². The summed E-state index contributed by atoms with van der Waals surface area (Å²) in [4.78, 5) is 17.2. The van der Waals surface area contributed by atoms with Crippen LogP contribution in [0.15, 0.2) is 79.6 Å². The molecule has 0 unspecified atom stereocenters. The zero-order chi connectivity index (χ0) is 17.9. The third-order valence-corrected chi connectivity index (χ3v) is 5.12. The summed E-state index contributed by atoms with van der Waals surface area (Å²) in [5.41, 5.74) is 4.54. The highest BCUT2D eigenvalue weighted by molar-refractivity contribution is 9.10. The van der Waals surface area contributed by atoms with Gasteiger partial charge < -0.3 is 4.42 Å². The van der Waals surface area contributed by atoms with Crippen molar-refractivity contribution in [3.63, 3.8) is 0 Å². The second-order valence-corrected chi connectivity index (χ2v) is 7.38. The summed E-state index contributed by atoms with van der Waals surface area (Å²) in [5, 5.41) is 5.65. The number of halogens is 1.